The van der Waals surface area contributed by atoms with Crippen LogP contribution >= 0.6 is 0 Å². The standard InChI is InChI=1S/C8H15N.C6H11N/c1-2-4-8-6-9-5-7(8)3-1;1-2-6-3-5(1)4-7-6/h7-9H,1-6H2;5-7H,1-4H2. The van der Waals surface area contributed by atoms with Crippen LogP contribution in [0.15, 0.2) is 0 Å². The van der Waals surface area contributed by atoms with Gasteiger partial charge >= 0.3 is 0 Å². The molecule has 0 aromatic rings. The van der Waals surface area contributed by atoms with E-state index >= 15 is 0 Å². The van der Waals surface area contributed by atoms with Crippen molar-refractivity contribution in [2.75, 3.05) is 19.6 Å². The average Bonchev–Trinajstić information content (AvgIpc) is 3.07. The zero-order chi connectivity index (χ0) is 10.8. The number of fused-ring (bicyclic) bond motifs is 3. The largest absolute Gasteiger partial charge is 0.316 e. The van der Waals surface area contributed by atoms with Crippen molar-refractivity contribution in [3.63, 3.8) is 0 Å². The Balaban J connectivity index is 0.000000104. The maximum Gasteiger partial charge on any atom is 0.00704 e. The molecule has 0 amide bonds. The molecule has 16 heavy (non-hydrogen) atoms. The zero-order valence-electron chi connectivity index (χ0n) is 10.4. The van der Waals surface area contributed by atoms with Crippen LogP contribution in [0.2, 0.25) is 0 Å². The summed E-state index contributed by atoms with van der Waals surface area (Å²) in [5.41, 5.74) is 0. The van der Waals surface area contributed by atoms with Gasteiger partial charge in [-0.2, -0.15) is 0 Å². The van der Waals surface area contributed by atoms with Gasteiger partial charge in [0, 0.05) is 6.04 Å². The van der Waals surface area contributed by atoms with Crippen LogP contribution in [-0.4, -0.2) is 25.7 Å². The molecule has 4 fully saturated rings. The van der Waals surface area contributed by atoms with Gasteiger partial charge in [-0.3, -0.25) is 0 Å². The van der Waals surface area contributed by atoms with Crippen LogP contribution in [0.3, 0.4) is 0 Å². The average molecular weight is 222 g/mol. The molecule has 2 N–H and O–H groups in total. The van der Waals surface area contributed by atoms with Gasteiger partial charge in [-0.05, 0) is 69.5 Å². The van der Waals surface area contributed by atoms with Gasteiger partial charge in [0.1, 0.15) is 0 Å². The SMILES string of the molecule is C1CC2CC1CN2.C1CCC2CNCC2C1. The monoisotopic (exact) mass is 222 g/mol. The van der Waals surface area contributed by atoms with Crippen molar-refractivity contribution in [1.82, 2.24) is 10.6 Å². The summed E-state index contributed by atoms with van der Waals surface area (Å²) in [6.07, 6.45) is 10.4. The zero-order valence-corrected chi connectivity index (χ0v) is 10.4. The maximum atomic E-state index is 3.46. The highest BCUT2D eigenvalue weighted by Gasteiger charge is 2.30. The number of nitrogens with one attached hydrogen (secondary N) is 2. The molecule has 0 spiro atoms. The number of piperidine rings is 1. The van der Waals surface area contributed by atoms with Crippen molar-refractivity contribution in [1.29, 1.82) is 0 Å². The Morgan fingerprint density at radius 2 is 1.50 bits per heavy atom. The van der Waals surface area contributed by atoms with Crippen molar-refractivity contribution in [3.05, 3.63) is 0 Å². The first-order valence-corrected chi connectivity index (χ1v) is 7.36. The predicted molar refractivity (Wildman–Crippen MR) is 67.4 cm³/mol. The molecule has 4 rings (SSSR count). The molecule has 4 aliphatic rings. The molecular formula is C14H26N2. The fraction of sp³-hybridized carbons (Fsp3) is 1.00. The summed E-state index contributed by atoms with van der Waals surface area (Å²) in [5.74, 6) is 3.17. The Morgan fingerprint density at radius 1 is 0.750 bits per heavy atom. The summed E-state index contributed by atoms with van der Waals surface area (Å²) in [5, 5.41) is 6.92. The summed E-state index contributed by atoms with van der Waals surface area (Å²) in [4.78, 5) is 0. The van der Waals surface area contributed by atoms with Gasteiger partial charge < -0.3 is 10.6 Å². The van der Waals surface area contributed by atoms with Crippen LogP contribution in [-0.2, 0) is 0 Å². The third kappa shape index (κ3) is 2.43. The van der Waals surface area contributed by atoms with Gasteiger partial charge in [-0.25, -0.2) is 0 Å². The minimum absolute atomic E-state index is 0.921. The third-order valence-corrected chi connectivity index (χ3v) is 5.12. The molecule has 2 nitrogen and oxygen atoms in total. The summed E-state index contributed by atoms with van der Waals surface area (Å²) in [7, 11) is 0. The molecule has 0 radical (unpaired) electrons. The lowest BCUT2D eigenvalue weighted by Crippen LogP contribution is -2.23. The topological polar surface area (TPSA) is 24.1 Å². The van der Waals surface area contributed by atoms with Crippen molar-refractivity contribution >= 4 is 0 Å². The Kier molecular flexibility index (Phi) is 3.49. The number of hydrogen-bond acceptors (Lipinski definition) is 2. The first-order chi connectivity index (χ1) is 7.92. The molecule has 2 bridgehead atoms. The summed E-state index contributed by atoms with van der Waals surface area (Å²) >= 11 is 0. The maximum absolute atomic E-state index is 3.46. The second-order valence-corrected chi connectivity index (χ2v) is 6.25. The molecule has 2 saturated carbocycles. The quantitative estimate of drug-likeness (QED) is 0.656. The first-order valence-electron chi connectivity index (χ1n) is 7.36. The van der Waals surface area contributed by atoms with Crippen LogP contribution in [0.25, 0.3) is 0 Å². The van der Waals surface area contributed by atoms with Crippen LogP contribution in [0.5, 0.6) is 0 Å². The van der Waals surface area contributed by atoms with E-state index in [1.807, 2.05) is 0 Å². The second kappa shape index (κ2) is 5.05. The lowest BCUT2D eigenvalue weighted by molar-refractivity contribution is 0.299. The lowest BCUT2D eigenvalue weighted by Gasteiger charge is -2.23. The van der Waals surface area contributed by atoms with E-state index < -0.39 is 0 Å². The van der Waals surface area contributed by atoms with E-state index in [0.717, 1.165) is 23.8 Å². The molecule has 0 aromatic carbocycles. The third-order valence-electron chi connectivity index (χ3n) is 5.12. The highest BCUT2D eigenvalue weighted by Crippen LogP contribution is 2.32. The minimum Gasteiger partial charge on any atom is -0.316 e. The van der Waals surface area contributed by atoms with E-state index in [4.69, 9.17) is 0 Å². The molecule has 2 saturated heterocycles. The molecule has 2 heterocycles. The molecule has 92 valence electrons. The van der Waals surface area contributed by atoms with Gasteiger partial charge in [0.05, 0.1) is 0 Å². The molecule has 4 unspecified atom stereocenters. The molecule has 0 aromatic heterocycles. The van der Waals surface area contributed by atoms with Crippen molar-refractivity contribution in [2.24, 2.45) is 17.8 Å². The highest BCUT2D eigenvalue weighted by atomic mass is 15.0. The van der Waals surface area contributed by atoms with E-state index in [0.29, 0.717) is 0 Å². The molecule has 4 atom stereocenters. The van der Waals surface area contributed by atoms with Gasteiger partial charge in [0.15, 0.2) is 0 Å². The summed E-state index contributed by atoms with van der Waals surface area (Å²) < 4.78 is 0. The van der Waals surface area contributed by atoms with Crippen LogP contribution in [0.4, 0.5) is 0 Å². The fourth-order valence-electron chi connectivity index (χ4n) is 4.06. The summed E-state index contributed by atoms with van der Waals surface area (Å²) in [6.45, 7) is 3.93. The Bertz CT molecular complexity index is 199. The van der Waals surface area contributed by atoms with E-state index in [-0.39, 0.29) is 0 Å². The van der Waals surface area contributed by atoms with E-state index in [1.54, 1.807) is 0 Å². The van der Waals surface area contributed by atoms with Crippen molar-refractivity contribution < 1.29 is 0 Å². The Hall–Kier alpha value is -0.0800. The smallest absolute Gasteiger partial charge is 0.00704 e. The van der Waals surface area contributed by atoms with Gasteiger partial charge in [0.25, 0.3) is 0 Å². The first kappa shape index (κ1) is 11.0. The number of hydrogen-bond donors (Lipinski definition) is 2. The molecular weight excluding hydrogens is 196 g/mol. The van der Waals surface area contributed by atoms with Crippen LogP contribution < -0.4 is 10.6 Å². The van der Waals surface area contributed by atoms with E-state index in [1.165, 1.54) is 64.6 Å². The van der Waals surface area contributed by atoms with Gasteiger partial charge in [0.2, 0.25) is 0 Å². The fourth-order valence-corrected chi connectivity index (χ4v) is 4.06. The van der Waals surface area contributed by atoms with E-state index in [2.05, 4.69) is 10.6 Å². The molecule has 2 aliphatic heterocycles. The Morgan fingerprint density at radius 3 is 1.88 bits per heavy atom. The Labute approximate surface area is 99.6 Å². The van der Waals surface area contributed by atoms with Crippen molar-refractivity contribution in [2.45, 2.75) is 51.0 Å². The highest BCUT2D eigenvalue weighted by molar-refractivity contribution is 4.88. The van der Waals surface area contributed by atoms with Gasteiger partial charge in [-0.15, -0.1) is 0 Å². The number of rotatable bonds is 0. The van der Waals surface area contributed by atoms with Gasteiger partial charge in [-0.1, -0.05) is 12.8 Å². The molecule has 2 heteroatoms. The van der Waals surface area contributed by atoms with Crippen LogP contribution in [0, 0.1) is 17.8 Å². The minimum atomic E-state index is 0.921. The summed E-state index contributed by atoms with van der Waals surface area (Å²) in [6, 6.07) is 0.921. The normalized spacial score (nSPS) is 45.0. The molecule has 2 aliphatic carbocycles. The van der Waals surface area contributed by atoms with E-state index in [9.17, 15) is 0 Å². The van der Waals surface area contributed by atoms with Crippen LogP contribution in [0.1, 0.15) is 44.9 Å². The lowest BCUT2D eigenvalue weighted by atomic mass is 9.82. The predicted octanol–water partition coefficient (Wildman–Crippen LogP) is 2.15. The second-order valence-electron chi connectivity index (χ2n) is 6.25. The van der Waals surface area contributed by atoms with Crippen molar-refractivity contribution in [3.8, 4) is 0 Å².